The zero-order chi connectivity index (χ0) is 22.8. The van der Waals surface area contributed by atoms with Crippen molar-refractivity contribution in [3.05, 3.63) is 77.7 Å². The van der Waals surface area contributed by atoms with Crippen LogP contribution in [0.15, 0.2) is 60.5 Å². The van der Waals surface area contributed by atoms with E-state index >= 15 is 0 Å². The molecule has 4 aromatic rings. The van der Waals surface area contributed by atoms with E-state index in [-0.39, 0.29) is 31.6 Å². The predicted octanol–water partition coefficient (Wildman–Crippen LogP) is 7.95. The van der Waals surface area contributed by atoms with Gasteiger partial charge in [-0.3, -0.25) is 4.79 Å². The van der Waals surface area contributed by atoms with Crippen LogP contribution in [0.3, 0.4) is 0 Å². The van der Waals surface area contributed by atoms with Gasteiger partial charge >= 0.3 is 0 Å². The normalized spacial score (nSPS) is 17.6. The van der Waals surface area contributed by atoms with Crippen LogP contribution in [-0.2, 0) is 24.9 Å². The Morgan fingerprint density at radius 1 is 1.06 bits per heavy atom. The maximum absolute atomic E-state index is 10.0. The molecule has 2 aromatic carbocycles. The van der Waals surface area contributed by atoms with Gasteiger partial charge in [-0.05, 0) is 66.5 Å². The number of hydrogen-bond acceptors (Lipinski definition) is 4. The molecule has 1 N–H and O–H groups in total. The molecule has 2 atom stereocenters. The van der Waals surface area contributed by atoms with Gasteiger partial charge in [0.05, 0.1) is 5.76 Å². The molecule has 2 heterocycles. The predicted molar refractivity (Wildman–Crippen MR) is 135 cm³/mol. The summed E-state index contributed by atoms with van der Waals surface area (Å²) < 4.78 is 2.76. The minimum atomic E-state index is -0.125. The van der Waals surface area contributed by atoms with E-state index in [0.29, 0.717) is 11.8 Å². The third-order valence-corrected chi connectivity index (χ3v) is 7.32. The van der Waals surface area contributed by atoms with Crippen LogP contribution in [0.1, 0.15) is 63.5 Å². The molecule has 0 saturated carbocycles. The van der Waals surface area contributed by atoms with Gasteiger partial charge in [0, 0.05) is 47.5 Å². The number of benzene rings is 2. The van der Waals surface area contributed by atoms with Gasteiger partial charge in [0.25, 0.3) is 0 Å². The van der Waals surface area contributed by atoms with E-state index in [0.717, 1.165) is 11.3 Å². The van der Waals surface area contributed by atoms with Crippen LogP contribution in [0, 0.1) is 6.07 Å². The Morgan fingerprint density at radius 3 is 2.42 bits per heavy atom. The monoisotopic (exact) mass is 635 g/mol. The van der Waals surface area contributed by atoms with E-state index in [9.17, 15) is 4.79 Å². The van der Waals surface area contributed by atoms with Crippen molar-refractivity contribution >= 4 is 37.3 Å². The van der Waals surface area contributed by atoms with Gasteiger partial charge in [0.2, 0.25) is 0 Å². The molecular formula is C28H28IrNO2S-. The van der Waals surface area contributed by atoms with Crippen molar-refractivity contribution in [2.45, 2.75) is 52.4 Å². The second-order valence-electron chi connectivity index (χ2n) is 8.64. The standard InChI is InChI=1S/C23H20NS.C5H8O2.Ir/c1-14-8-9-15(2)20-17(14)10-11-18-19-12-13-24-21(23(19)25-22(18)20)16-6-4-3-5-7-16;1-4(6)3-5(2)7;/h3-6,10-15H,8-9H2,1-2H3;3,6H,1-2H3;/q-1;;/b;4-3-;. The summed E-state index contributed by atoms with van der Waals surface area (Å²) in [6.45, 7) is 7.61. The second-order valence-corrected chi connectivity index (χ2v) is 9.66. The third-order valence-electron chi connectivity index (χ3n) is 6.06. The quantitative estimate of drug-likeness (QED) is 0.138. The Bertz CT molecular complexity index is 1310. The number of pyridine rings is 1. The van der Waals surface area contributed by atoms with Crippen LogP contribution in [-0.4, -0.2) is 15.9 Å². The van der Waals surface area contributed by atoms with Crippen molar-refractivity contribution in [3.63, 3.8) is 0 Å². The zero-order valence-corrected chi connectivity index (χ0v) is 22.5. The molecule has 0 saturated heterocycles. The first kappa shape index (κ1) is 25.3. The maximum Gasteiger partial charge on any atom is 0.155 e. The number of fused-ring (bicyclic) bond motifs is 5. The summed E-state index contributed by atoms with van der Waals surface area (Å²) in [6.07, 6.45) is 5.70. The van der Waals surface area contributed by atoms with Gasteiger partial charge in [-0.25, -0.2) is 0 Å². The summed E-state index contributed by atoms with van der Waals surface area (Å²) >= 11 is 1.92. The topological polar surface area (TPSA) is 50.2 Å². The number of carbonyl (C=O) groups excluding carboxylic acids is 1. The first-order valence-electron chi connectivity index (χ1n) is 11.1. The average Bonchev–Trinajstić information content (AvgIpc) is 3.15. The van der Waals surface area contributed by atoms with Crippen LogP contribution < -0.4 is 0 Å². The van der Waals surface area contributed by atoms with Gasteiger partial charge in [-0.2, -0.15) is 0 Å². The Kier molecular flexibility index (Phi) is 8.23. The van der Waals surface area contributed by atoms with Crippen molar-refractivity contribution in [3.8, 4) is 11.3 Å². The molecule has 5 heteroatoms. The Labute approximate surface area is 212 Å². The van der Waals surface area contributed by atoms with Crippen molar-refractivity contribution in [1.82, 2.24) is 4.98 Å². The minimum Gasteiger partial charge on any atom is -0.512 e. The first-order chi connectivity index (χ1) is 15.4. The molecule has 0 aliphatic heterocycles. The molecule has 0 spiro atoms. The second kappa shape index (κ2) is 10.7. The number of hydrogen-bond donors (Lipinski definition) is 1. The molecule has 0 bridgehead atoms. The number of aliphatic hydroxyl groups excluding tert-OH is 1. The molecule has 3 nitrogen and oxygen atoms in total. The number of allylic oxidation sites excluding steroid dienone is 2. The number of ketones is 1. The number of rotatable bonds is 2. The van der Waals surface area contributed by atoms with Gasteiger partial charge in [-0.15, -0.1) is 47.2 Å². The molecule has 1 aliphatic rings. The van der Waals surface area contributed by atoms with Crippen LogP contribution in [0.25, 0.3) is 31.4 Å². The summed E-state index contributed by atoms with van der Waals surface area (Å²) in [5.74, 6) is 1.25. The molecule has 1 aliphatic carbocycles. The van der Waals surface area contributed by atoms with Crippen LogP contribution >= 0.6 is 11.3 Å². The molecule has 2 unspecified atom stereocenters. The van der Waals surface area contributed by atoms with Gasteiger partial charge in [0.1, 0.15) is 0 Å². The summed E-state index contributed by atoms with van der Waals surface area (Å²) in [7, 11) is 0. The van der Waals surface area contributed by atoms with Gasteiger partial charge in [0.15, 0.2) is 5.78 Å². The number of aromatic nitrogens is 1. The fourth-order valence-electron chi connectivity index (χ4n) is 4.57. The summed E-state index contributed by atoms with van der Waals surface area (Å²) in [5, 5.41) is 11.1. The van der Waals surface area contributed by atoms with Crippen LogP contribution in [0.5, 0.6) is 0 Å². The number of nitrogens with zero attached hydrogens (tertiary/aromatic N) is 1. The molecule has 5 rings (SSSR count). The Morgan fingerprint density at radius 2 is 1.79 bits per heavy atom. The zero-order valence-electron chi connectivity index (χ0n) is 19.3. The minimum absolute atomic E-state index is 0. The summed E-state index contributed by atoms with van der Waals surface area (Å²) in [5.41, 5.74) is 5.28. The van der Waals surface area contributed by atoms with Crippen molar-refractivity contribution < 1.29 is 30.0 Å². The smallest absolute Gasteiger partial charge is 0.155 e. The van der Waals surface area contributed by atoms with Crippen molar-refractivity contribution in [2.75, 3.05) is 0 Å². The summed E-state index contributed by atoms with van der Waals surface area (Å²) in [6, 6.07) is 18.4. The average molecular weight is 635 g/mol. The molecule has 33 heavy (non-hydrogen) atoms. The number of aliphatic hydroxyl groups is 1. The molecular weight excluding hydrogens is 607 g/mol. The maximum atomic E-state index is 10.0. The third kappa shape index (κ3) is 5.27. The molecule has 1 radical (unpaired) electrons. The fraction of sp³-hybridized carbons (Fsp3) is 0.286. The van der Waals surface area contributed by atoms with E-state index in [1.807, 2.05) is 29.7 Å². The summed E-state index contributed by atoms with van der Waals surface area (Å²) in [4.78, 5) is 14.7. The number of carbonyl (C=O) groups is 1. The Balaban J connectivity index is 0.000000337. The van der Waals surface area contributed by atoms with E-state index in [2.05, 4.69) is 50.2 Å². The molecule has 2 aromatic heterocycles. The van der Waals surface area contributed by atoms with Crippen molar-refractivity contribution in [2.24, 2.45) is 0 Å². The Hall–Kier alpha value is -2.33. The van der Waals surface area contributed by atoms with E-state index in [4.69, 9.17) is 10.1 Å². The fourth-order valence-corrected chi connectivity index (χ4v) is 6.04. The molecule has 0 amide bonds. The van der Waals surface area contributed by atoms with Gasteiger partial charge < -0.3 is 10.1 Å². The molecule has 0 fully saturated rings. The van der Waals surface area contributed by atoms with E-state index in [1.54, 1.807) is 11.1 Å². The number of thiophene rings is 1. The van der Waals surface area contributed by atoms with Crippen LogP contribution in [0.2, 0.25) is 0 Å². The van der Waals surface area contributed by atoms with E-state index < -0.39 is 0 Å². The SMILES string of the molecule is CC(=O)/C=C(/C)O.CC1CCC(C)c2c1ccc1c2sc2c(-c3[c-]cccc3)nccc21.[Ir]. The largest absolute Gasteiger partial charge is 0.512 e. The van der Waals surface area contributed by atoms with Crippen LogP contribution in [0.4, 0.5) is 0 Å². The van der Waals surface area contributed by atoms with Gasteiger partial charge in [-0.1, -0.05) is 26.0 Å². The molecule has 173 valence electrons. The van der Waals surface area contributed by atoms with E-state index in [1.165, 1.54) is 52.9 Å². The van der Waals surface area contributed by atoms with Crippen molar-refractivity contribution in [1.29, 1.82) is 0 Å². The first-order valence-corrected chi connectivity index (χ1v) is 11.9.